The molecule has 0 N–H and O–H groups in total. The zero-order valence-electron chi connectivity index (χ0n) is 17.7. The topological polar surface area (TPSA) is 65.0 Å². The quantitative estimate of drug-likeness (QED) is 0.640. The normalized spacial score (nSPS) is 28.2. The Balaban J connectivity index is 1.71. The van der Waals surface area contributed by atoms with Crippen LogP contribution in [0.5, 0.6) is 0 Å². The number of ether oxygens (including phenoxy) is 2. The molecule has 0 saturated carbocycles. The number of Topliss-reactive ketones (excluding diaryl/α,β-unsaturated/α-hetero) is 1. The molecule has 1 unspecified atom stereocenters. The number of rotatable bonds is 4. The number of esters is 1. The van der Waals surface area contributed by atoms with Crippen LogP contribution >= 0.6 is 11.6 Å². The van der Waals surface area contributed by atoms with Crippen LogP contribution in [0.1, 0.15) is 57.9 Å². The number of ketones is 1. The molecule has 1 aliphatic carbocycles. The number of benzene rings is 1. The highest BCUT2D eigenvalue weighted by atomic mass is 35.5. The summed E-state index contributed by atoms with van der Waals surface area (Å²) < 4.78 is 11.2. The van der Waals surface area contributed by atoms with Gasteiger partial charge >= 0.3 is 5.97 Å². The monoisotopic (exact) mass is 429 g/mol. The second-order valence-electron chi connectivity index (χ2n) is 9.33. The minimum absolute atomic E-state index is 0.0497. The fourth-order valence-corrected chi connectivity index (χ4v) is 5.05. The lowest BCUT2D eigenvalue weighted by Crippen LogP contribution is -2.40. The summed E-state index contributed by atoms with van der Waals surface area (Å²) in [7, 11) is 0. The molecule has 3 aliphatic rings. The van der Waals surface area contributed by atoms with Gasteiger partial charge in [0.25, 0.3) is 0 Å². The summed E-state index contributed by atoms with van der Waals surface area (Å²) in [5.41, 5.74) is 2.81. The van der Waals surface area contributed by atoms with Crippen molar-refractivity contribution in [1.82, 2.24) is 0 Å². The molecule has 0 radical (unpaired) electrons. The molecule has 0 spiro atoms. The van der Waals surface area contributed by atoms with E-state index in [1.807, 2.05) is 25.1 Å². The molecule has 0 bridgehead atoms. The van der Waals surface area contributed by atoms with Crippen LogP contribution < -0.4 is 0 Å². The van der Waals surface area contributed by atoms with E-state index in [9.17, 15) is 9.59 Å². The van der Waals surface area contributed by atoms with Gasteiger partial charge in [-0.3, -0.25) is 14.6 Å². The lowest BCUT2D eigenvalue weighted by Gasteiger charge is -2.39. The fraction of sp³-hybridized carbons (Fsp3) is 0.542. The van der Waals surface area contributed by atoms with Crippen LogP contribution in [-0.4, -0.2) is 36.8 Å². The molecular formula is C24H28ClNO4. The van der Waals surface area contributed by atoms with Crippen molar-refractivity contribution in [3.8, 4) is 0 Å². The van der Waals surface area contributed by atoms with Gasteiger partial charge in [0.15, 0.2) is 5.78 Å². The van der Waals surface area contributed by atoms with Crippen LogP contribution in [-0.2, 0) is 19.1 Å². The second kappa shape index (κ2) is 8.27. The van der Waals surface area contributed by atoms with Gasteiger partial charge in [-0.15, -0.1) is 0 Å². The minimum atomic E-state index is -0.645. The lowest BCUT2D eigenvalue weighted by atomic mass is 9.67. The van der Waals surface area contributed by atoms with E-state index in [1.165, 1.54) is 0 Å². The number of carbonyl (C=O) groups is 2. The summed E-state index contributed by atoms with van der Waals surface area (Å²) in [6, 6.07) is 7.40. The molecule has 0 amide bonds. The zero-order valence-corrected chi connectivity index (χ0v) is 18.5. The standard InChI is InChI=1S/C24H28ClNO4/c1-14-20(23(28)30-13-17-8-5-9-29-17)21(15-6-4-7-16(25)10-15)22-18(26-14)11-24(2,3)12-19(22)27/h4,6-7,10,17,20-21H,5,8-9,11-13H2,1-3H3/t17-,20?,21-/m0/s1. The first kappa shape index (κ1) is 21.3. The maximum Gasteiger partial charge on any atom is 0.315 e. The number of hydrogen-bond donors (Lipinski definition) is 0. The Hall–Kier alpha value is -1.98. The van der Waals surface area contributed by atoms with E-state index in [4.69, 9.17) is 26.1 Å². The highest BCUT2D eigenvalue weighted by Crippen LogP contribution is 2.48. The van der Waals surface area contributed by atoms with E-state index in [1.54, 1.807) is 6.07 Å². The Labute approximate surface area is 182 Å². The summed E-state index contributed by atoms with van der Waals surface area (Å²) in [5, 5.41) is 0.574. The van der Waals surface area contributed by atoms with E-state index in [0.717, 1.165) is 24.1 Å². The molecule has 1 fully saturated rings. The summed E-state index contributed by atoms with van der Waals surface area (Å²) in [6.07, 6.45) is 2.98. The predicted octanol–water partition coefficient (Wildman–Crippen LogP) is 4.88. The van der Waals surface area contributed by atoms with Crippen LogP contribution in [0.15, 0.2) is 40.5 Å². The molecule has 3 atom stereocenters. The Morgan fingerprint density at radius 3 is 2.83 bits per heavy atom. The van der Waals surface area contributed by atoms with Crippen LogP contribution in [0, 0.1) is 11.3 Å². The molecule has 4 rings (SSSR count). The van der Waals surface area contributed by atoms with Gasteiger partial charge in [-0.2, -0.15) is 0 Å². The third-order valence-corrected chi connectivity index (χ3v) is 6.43. The molecule has 2 aliphatic heterocycles. The molecule has 1 saturated heterocycles. The van der Waals surface area contributed by atoms with Crippen molar-refractivity contribution >= 4 is 29.1 Å². The van der Waals surface area contributed by atoms with Gasteiger partial charge < -0.3 is 9.47 Å². The van der Waals surface area contributed by atoms with Crippen molar-refractivity contribution in [2.75, 3.05) is 13.2 Å². The van der Waals surface area contributed by atoms with Crippen molar-refractivity contribution in [3.05, 3.63) is 46.1 Å². The van der Waals surface area contributed by atoms with E-state index in [-0.39, 0.29) is 29.9 Å². The molecule has 1 aromatic carbocycles. The van der Waals surface area contributed by atoms with Gasteiger partial charge in [0, 0.05) is 41.0 Å². The minimum Gasteiger partial charge on any atom is -0.462 e. The molecule has 160 valence electrons. The van der Waals surface area contributed by atoms with Gasteiger partial charge in [-0.25, -0.2) is 0 Å². The Kier molecular flexibility index (Phi) is 5.86. The van der Waals surface area contributed by atoms with Crippen molar-refractivity contribution in [2.45, 2.75) is 58.5 Å². The average molecular weight is 430 g/mol. The first-order valence-electron chi connectivity index (χ1n) is 10.6. The van der Waals surface area contributed by atoms with Crippen LogP contribution in [0.4, 0.5) is 0 Å². The number of aliphatic imine (C=N–C) groups is 1. The molecule has 2 heterocycles. The molecule has 30 heavy (non-hydrogen) atoms. The molecule has 6 heteroatoms. The highest BCUT2D eigenvalue weighted by Gasteiger charge is 2.46. The Morgan fingerprint density at radius 1 is 1.33 bits per heavy atom. The van der Waals surface area contributed by atoms with Crippen molar-refractivity contribution in [2.24, 2.45) is 16.3 Å². The number of halogens is 1. The smallest absolute Gasteiger partial charge is 0.315 e. The lowest BCUT2D eigenvalue weighted by molar-refractivity contribution is -0.149. The molecule has 0 aromatic heterocycles. The van der Waals surface area contributed by atoms with Crippen LogP contribution in [0.2, 0.25) is 5.02 Å². The third kappa shape index (κ3) is 4.23. The van der Waals surface area contributed by atoms with Gasteiger partial charge in [0.2, 0.25) is 0 Å². The fourth-order valence-electron chi connectivity index (χ4n) is 4.85. The van der Waals surface area contributed by atoms with Gasteiger partial charge in [-0.1, -0.05) is 37.6 Å². The predicted molar refractivity (Wildman–Crippen MR) is 116 cm³/mol. The Morgan fingerprint density at radius 2 is 2.13 bits per heavy atom. The Bertz CT molecular complexity index is 927. The van der Waals surface area contributed by atoms with Crippen molar-refractivity contribution in [1.29, 1.82) is 0 Å². The SMILES string of the molecule is CC1=NC2=C(C(=O)CC(C)(C)C2)[C@@H](c2cccc(Cl)c2)C1C(=O)OC[C@@H]1CCCO1. The summed E-state index contributed by atoms with van der Waals surface area (Å²) >= 11 is 6.27. The second-order valence-corrected chi connectivity index (χ2v) is 9.77. The average Bonchev–Trinajstić information content (AvgIpc) is 3.17. The largest absolute Gasteiger partial charge is 0.462 e. The van der Waals surface area contributed by atoms with E-state index in [0.29, 0.717) is 35.8 Å². The van der Waals surface area contributed by atoms with Gasteiger partial charge in [0.05, 0.1) is 6.10 Å². The highest BCUT2D eigenvalue weighted by molar-refractivity contribution is 6.30. The summed E-state index contributed by atoms with van der Waals surface area (Å²) in [4.78, 5) is 31.2. The zero-order chi connectivity index (χ0) is 21.5. The van der Waals surface area contributed by atoms with E-state index >= 15 is 0 Å². The van der Waals surface area contributed by atoms with Crippen molar-refractivity contribution in [3.63, 3.8) is 0 Å². The maximum atomic E-state index is 13.2. The van der Waals surface area contributed by atoms with Crippen LogP contribution in [0.3, 0.4) is 0 Å². The van der Waals surface area contributed by atoms with Gasteiger partial charge in [-0.05, 0) is 49.3 Å². The molecule has 1 aromatic rings. The first-order valence-corrected chi connectivity index (χ1v) is 11.0. The number of carbonyl (C=O) groups excluding carboxylic acids is 2. The van der Waals surface area contributed by atoms with Gasteiger partial charge in [0.1, 0.15) is 12.5 Å². The summed E-state index contributed by atoms with van der Waals surface area (Å²) in [6.45, 7) is 6.95. The molecule has 5 nitrogen and oxygen atoms in total. The molecular weight excluding hydrogens is 402 g/mol. The number of nitrogens with zero attached hydrogens (tertiary/aromatic N) is 1. The maximum absolute atomic E-state index is 13.2. The summed E-state index contributed by atoms with van der Waals surface area (Å²) in [5.74, 6) is -1.38. The van der Waals surface area contributed by atoms with Crippen LogP contribution in [0.25, 0.3) is 0 Å². The van der Waals surface area contributed by atoms with Crippen molar-refractivity contribution < 1.29 is 19.1 Å². The van der Waals surface area contributed by atoms with E-state index < -0.39 is 11.8 Å². The first-order chi connectivity index (χ1) is 14.2. The third-order valence-electron chi connectivity index (χ3n) is 6.20. The number of allylic oxidation sites excluding steroid dienone is 2. The van der Waals surface area contributed by atoms with E-state index in [2.05, 4.69) is 13.8 Å². The number of hydrogen-bond acceptors (Lipinski definition) is 5.